The normalized spacial score (nSPS) is 32.1. The zero-order chi connectivity index (χ0) is 12.8. The van der Waals surface area contributed by atoms with Crippen LogP contribution in [-0.4, -0.2) is 17.7 Å². The van der Waals surface area contributed by atoms with Gasteiger partial charge in [0.2, 0.25) is 0 Å². The maximum atomic E-state index is 12.1. The minimum absolute atomic E-state index is 0.0532. The lowest BCUT2D eigenvalue weighted by Gasteiger charge is -2.70. The van der Waals surface area contributed by atoms with Gasteiger partial charge < -0.3 is 10.1 Å². The Bertz CT molecular complexity index is 507. The maximum Gasteiger partial charge on any atom is 0.251 e. The molecule has 0 radical (unpaired) electrons. The molecule has 3 aliphatic rings. The summed E-state index contributed by atoms with van der Waals surface area (Å²) in [5, 5.41) is 3.64. The Labute approximate surface area is 111 Å². The third kappa shape index (κ3) is 1.74. The van der Waals surface area contributed by atoms with Crippen molar-refractivity contribution >= 4 is 23.8 Å². The van der Waals surface area contributed by atoms with Crippen LogP contribution in [0, 0.1) is 5.41 Å². The van der Waals surface area contributed by atoms with Crippen molar-refractivity contribution in [2.75, 3.05) is 0 Å². The second-order valence-electron chi connectivity index (χ2n) is 5.65. The Balaban J connectivity index is 1.63. The number of nitrogens with one attached hydrogen (secondary N) is 1. The van der Waals surface area contributed by atoms with Crippen LogP contribution in [-0.2, 0) is 4.79 Å². The van der Waals surface area contributed by atoms with Crippen molar-refractivity contribution in [1.29, 1.82) is 0 Å². The van der Waals surface area contributed by atoms with Crippen LogP contribution in [0.2, 0.25) is 5.02 Å². The molecule has 94 valence electrons. The van der Waals surface area contributed by atoms with Crippen LogP contribution in [0.3, 0.4) is 0 Å². The quantitative estimate of drug-likeness (QED) is 0.849. The first-order valence-corrected chi connectivity index (χ1v) is 6.46. The van der Waals surface area contributed by atoms with E-state index < -0.39 is 0 Å². The molecule has 1 amide bonds. The molecule has 3 saturated carbocycles. The van der Waals surface area contributed by atoms with Gasteiger partial charge in [-0.2, -0.15) is 0 Å². The average Bonchev–Trinajstić information content (AvgIpc) is 2.24. The highest BCUT2D eigenvalue weighted by Gasteiger charge is 2.67. The predicted octanol–water partition coefficient (Wildman–Crippen LogP) is 2.58. The lowest BCUT2D eigenvalue weighted by molar-refractivity contribution is -0.155. The van der Waals surface area contributed by atoms with Crippen molar-refractivity contribution in [2.45, 2.75) is 31.2 Å². The molecule has 1 aromatic rings. The van der Waals surface area contributed by atoms with Gasteiger partial charge in [0.1, 0.15) is 6.29 Å². The van der Waals surface area contributed by atoms with Crippen LogP contribution in [0.15, 0.2) is 24.3 Å². The molecule has 3 aliphatic carbocycles. The van der Waals surface area contributed by atoms with Crippen molar-refractivity contribution in [1.82, 2.24) is 5.32 Å². The summed E-state index contributed by atoms with van der Waals surface area (Å²) in [6.07, 6.45) is 4.42. The van der Waals surface area contributed by atoms with Gasteiger partial charge in [0.25, 0.3) is 5.91 Å². The van der Waals surface area contributed by atoms with Gasteiger partial charge in [-0.25, -0.2) is 0 Å². The first kappa shape index (κ1) is 11.7. The van der Waals surface area contributed by atoms with Gasteiger partial charge in [-0.3, -0.25) is 4.79 Å². The van der Waals surface area contributed by atoms with E-state index in [0.29, 0.717) is 17.0 Å². The van der Waals surface area contributed by atoms with E-state index >= 15 is 0 Å². The lowest BCUT2D eigenvalue weighted by atomic mass is 9.38. The number of carbonyl (C=O) groups excluding carboxylic acids is 2. The lowest BCUT2D eigenvalue weighted by Crippen LogP contribution is -2.74. The Morgan fingerprint density at radius 2 is 2.11 bits per heavy atom. The van der Waals surface area contributed by atoms with Crippen LogP contribution in [0.1, 0.15) is 36.0 Å². The molecular weight excluding hydrogens is 250 g/mol. The van der Waals surface area contributed by atoms with Gasteiger partial charge in [0, 0.05) is 22.5 Å². The third-order valence-electron chi connectivity index (χ3n) is 4.12. The molecular formula is C14H14ClNO2. The molecule has 0 saturated heterocycles. The van der Waals surface area contributed by atoms with Crippen molar-refractivity contribution in [3.8, 4) is 0 Å². The smallest absolute Gasteiger partial charge is 0.251 e. The third-order valence-corrected chi connectivity index (χ3v) is 4.36. The number of carbonyl (C=O) groups is 2. The van der Waals surface area contributed by atoms with Crippen molar-refractivity contribution in [2.24, 2.45) is 5.41 Å². The fraction of sp³-hybridized carbons (Fsp3) is 0.429. The van der Waals surface area contributed by atoms with Crippen LogP contribution >= 0.6 is 11.6 Å². The number of amides is 1. The fourth-order valence-corrected chi connectivity index (χ4v) is 3.66. The standard InChI is InChI=1S/C14H14ClNO2/c15-11-3-1-2-10(6-11)12(18)16-14-7-13(8-14,9-14)4-5-17/h1-3,5-6H,4,7-9H2,(H,16,18). The summed E-state index contributed by atoms with van der Waals surface area (Å²) >= 11 is 5.86. The number of hydrogen-bond donors (Lipinski definition) is 1. The highest BCUT2D eigenvalue weighted by Crippen LogP contribution is 2.68. The summed E-state index contributed by atoms with van der Waals surface area (Å²) in [6.45, 7) is 0. The Hall–Kier alpha value is -1.35. The monoisotopic (exact) mass is 263 g/mol. The molecule has 1 N–H and O–H groups in total. The van der Waals surface area contributed by atoms with E-state index in [4.69, 9.17) is 11.6 Å². The minimum Gasteiger partial charge on any atom is -0.347 e. The van der Waals surface area contributed by atoms with E-state index in [1.807, 2.05) is 0 Å². The van der Waals surface area contributed by atoms with E-state index in [0.717, 1.165) is 25.5 Å². The molecule has 4 heteroatoms. The van der Waals surface area contributed by atoms with Crippen LogP contribution < -0.4 is 5.32 Å². The summed E-state index contributed by atoms with van der Waals surface area (Å²) in [7, 11) is 0. The van der Waals surface area contributed by atoms with Crippen LogP contribution in [0.25, 0.3) is 0 Å². The maximum absolute atomic E-state index is 12.1. The van der Waals surface area contributed by atoms with Crippen LogP contribution in [0.5, 0.6) is 0 Å². The van der Waals surface area contributed by atoms with E-state index in [1.54, 1.807) is 24.3 Å². The van der Waals surface area contributed by atoms with Gasteiger partial charge in [-0.05, 0) is 42.9 Å². The van der Waals surface area contributed by atoms with Gasteiger partial charge in [-0.1, -0.05) is 17.7 Å². The highest BCUT2D eigenvalue weighted by atomic mass is 35.5. The zero-order valence-electron chi connectivity index (χ0n) is 9.91. The average molecular weight is 264 g/mol. The highest BCUT2D eigenvalue weighted by molar-refractivity contribution is 6.30. The molecule has 0 heterocycles. The first-order valence-electron chi connectivity index (χ1n) is 6.08. The molecule has 18 heavy (non-hydrogen) atoms. The van der Waals surface area contributed by atoms with Crippen molar-refractivity contribution < 1.29 is 9.59 Å². The molecule has 3 nitrogen and oxygen atoms in total. The van der Waals surface area contributed by atoms with E-state index in [9.17, 15) is 9.59 Å². The van der Waals surface area contributed by atoms with E-state index in [2.05, 4.69) is 5.32 Å². The van der Waals surface area contributed by atoms with E-state index in [1.165, 1.54) is 0 Å². The zero-order valence-corrected chi connectivity index (χ0v) is 10.7. The minimum atomic E-state index is -0.0723. The predicted molar refractivity (Wildman–Crippen MR) is 68.6 cm³/mol. The van der Waals surface area contributed by atoms with Crippen molar-refractivity contribution in [3.05, 3.63) is 34.9 Å². The molecule has 1 aromatic carbocycles. The van der Waals surface area contributed by atoms with Gasteiger partial charge in [-0.15, -0.1) is 0 Å². The summed E-state index contributed by atoms with van der Waals surface area (Å²) < 4.78 is 0. The summed E-state index contributed by atoms with van der Waals surface area (Å²) in [5.74, 6) is -0.0723. The molecule has 0 unspecified atom stereocenters. The Morgan fingerprint density at radius 1 is 1.39 bits per heavy atom. The Morgan fingerprint density at radius 3 is 2.72 bits per heavy atom. The number of aldehydes is 1. The molecule has 0 aromatic heterocycles. The fourth-order valence-electron chi connectivity index (χ4n) is 3.47. The summed E-state index contributed by atoms with van der Waals surface area (Å²) in [6, 6.07) is 6.95. The Kier molecular flexibility index (Phi) is 2.49. The first-order chi connectivity index (χ1) is 8.56. The topological polar surface area (TPSA) is 46.2 Å². The molecule has 4 rings (SSSR count). The molecule has 3 fully saturated rings. The summed E-state index contributed by atoms with van der Waals surface area (Å²) in [5.41, 5.74) is 0.739. The largest absolute Gasteiger partial charge is 0.347 e. The second kappa shape index (κ2) is 3.82. The number of hydrogen-bond acceptors (Lipinski definition) is 2. The van der Waals surface area contributed by atoms with Gasteiger partial charge >= 0.3 is 0 Å². The summed E-state index contributed by atoms with van der Waals surface area (Å²) in [4.78, 5) is 22.6. The second-order valence-corrected chi connectivity index (χ2v) is 6.08. The number of benzene rings is 1. The van der Waals surface area contributed by atoms with Crippen molar-refractivity contribution in [3.63, 3.8) is 0 Å². The number of halogens is 1. The molecule has 0 aliphatic heterocycles. The van der Waals surface area contributed by atoms with Crippen LogP contribution in [0.4, 0.5) is 0 Å². The molecule has 0 spiro atoms. The number of rotatable bonds is 4. The molecule has 0 atom stereocenters. The molecule has 2 bridgehead atoms. The van der Waals surface area contributed by atoms with E-state index in [-0.39, 0.29) is 16.9 Å². The van der Waals surface area contributed by atoms with Gasteiger partial charge in [0.15, 0.2) is 0 Å². The van der Waals surface area contributed by atoms with Gasteiger partial charge in [0.05, 0.1) is 0 Å². The SMILES string of the molecule is O=CCC12CC(NC(=O)c3cccc(Cl)c3)(C1)C2.